The average Bonchev–Trinajstić information content (AvgIpc) is 2.98. The van der Waals surface area contributed by atoms with Crippen LogP contribution in [0.2, 0.25) is 0 Å². The SMILES string of the molecule is CC(=O)N[C@H]1[C@H](OC[C@@H]2NC(=O)OC2=O)O[C@H](COC(C)=O)[C@@H](OC(C)=O)[C@@H]1OC(C)=O. The van der Waals surface area contributed by atoms with Crippen LogP contribution in [0.5, 0.6) is 0 Å². The maximum atomic E-state index is 11.8. The second-order valence-electron chi connectivity index (χ2n) is 6.96. The molecular formula is C18H24N2O12. The molecule has 2 aliphatic rings. The summed E-state index contributed by atoms with van der Waals surface area (Å²) in [5.41, 5.74) is 0. The largest absolute Gasteiger partial charge is 0.463 e. The second-order valence-corrected chi connectivity index (χ2v) is 6.96. The third kappa shape index (κ3) is 6.88. The Hall–Kier alpha value is -3.26. The molecule has 2 saturated heterocycles. The molecule has 0 aromatic rings. The predicted octanol–water partition coefficient (Wildman–Crippen LogP) is -1.71. The van der Waals surface area contributed by atoms with E-state index >= 15 is 0 Å². The minimum absolute atomic E-state index is 0.403. The van der Waals surface area contributed by atoms with Gasteiger partial charge in [0.2, 0.25) is 5.91 Å². The minimum Gasteiger partial charge on any atom is -0.463 e. The van der Waals surface area contributed by atoms with Crippen LogP contribution in [0.3, 0.4) is 0 Å². The first kappa shape index (κ1) is 25.0. The quantitative estimate of drug-likeness (QED) is 0.238. The fourth-order valence-corrected chi connectivity index (χ4v) is 3.13. The maximum absolute atomic E-state index is 11.8. The molecule has 0 saturated carbocycles. The molecule has 0 aromatic carbocycles. The Morgan fingerprint density at radius 1 is 0.938 bits per heavy atom. The Balaban J connectivity index is 2.32. The average molecular weight is 460 g/mol. The maximum Gasteiger partial charge on any atom is 0.415 e. The van der Waals surface area contributed by atoms with Crippen molar-refractivity contribution in [3.8, 4) is 0 Å². The highest BCUT2D eigenvalue weighted by atomic mass is 16.7. The van der Waals surface area contributed by atoms with Gasteiger partial charge in [0.15, 0.2) is 24.5 Å². The van der Waals surface area contributed by atoms with Gasteiger partial charge in [-0.2, -0.15) is 0 Å². The van der Waals surface area contributed by atoms with Crippen LogP contribution in [0.15, 0.2) is 0 Å². The summed E-state index contributed by atoms with van der Waals surface area (Å²) in [7, 11) is 0. The Morgan fingerprint density at radius 3 is 2.06 bits per heavy atom. The molecule has 0 aliphatic carbocycles. The fourth-order valence-electron chi connectivity index (χ4n) is 3.13. The molecule has 2 N–H and O–H groups in total. The van der Waals surface area contributed by atoms with E-state index in [2.05, 4.69) is 15.4 Å². The summed E-state index contributed by atoms with van der Waals surface area (Å²) in [5.74, 6) is -3.61. The molecule has 32 heavy (non-hydrogen) atoms. The third-order valence-corrected chi connectivity index (χ3v) is 4.27. The summed E-state index contributed by atoms with van der Waals surface area (Å²) in [6, 6.07) is -2.34. The number of cyclic esters (lactones) is 2. The number of ether oxygens (including phenoxy) is 6. The molecule has 0 spiro atoms. The zero-order valence-electron chi connectivity index (χ0n) is 17.8. The van der Waals surface area contributed by atoms with Crippen LogP contribution in [-0.4, -0.2) is 85.8 Å². The van der Waals surface area contributed by atoms with Gasteiger partial charge >= 0.3 is 30.0 Å². The van der Waals surface area contributed by atoms with Crippen LogP contribution >= 0.6 is 0 Å². The van der Waals surface area contributed by atoms with Gasteiger partial charge in [-0.3, -0.25) is 19.2 Å². The molecular weight excluding hydrogens is 436 g/mol. The number of hydrogen-bond acceptors (Lipinski definition) is 12. The van der Waals surface area contributed by atoms with Crippen LogP contribution < -0.4 is 10.6 Å². The van der Waals surface area contributed by atoms with E-state index in [-0.39, 0.29) is 0 Å². The number of carbonyl (C=O) groups excluding carboxylic acids is 6. The summed E-state index contributed by atoms with van der Waals surface area (Å²) < 4.78 is 31.2. The van der Waals surface area contributed by atoms with Crippen LogP contribution in [0.1, 0.15) is 27.7 Å². The van der Waals surface area contributed by atoms with Crippen LogP contribution in [-0.2, 0) is 52.4 Å². The molecule has 14 nitrogen and oxygen atoms in total. The lowest BCUT2D eigenvalue weighted by Gasteiger charge is -2.45. The molecule has 6 atom stereocenters. The first-order chi connectivity index (χ1) is 15.0. The molecule has 14 heteroatoms. The monoisotopic (exact) mass is 460 g/mol. The molecule has 0 aromatic heterocycles. The number of hydrogen-bond donors (Lipinski definition) is 2. The molecule has 0 radical (unpaired) electrons. The van der Waals surface area contributed by atoms with E-state index in [1.807, 2.05) is 0 Å². The number of rotatable bonds is 8. The standard InChI is InChI=1S/C18H24N2O12/c1-7(21)19-13-15(30-10(4)24)14(29-9(3)23)12(6-27-8(2)22)31-17(13)28-5-11-16(25)32-18(26)20-11/h11-15,17H,5-6H2,1-4H3,(H,19,21)(H,20,26)/t11-,12+,13+,14+,15+,17+/m0/s1. The lowest BCUT2D eigenvalue weighted by atomic mass is 9.96. The van der Waals surface area contributed by atoms with Crippen LogP contribution in [0, 0.1) is 0 Å². The predicted molar refractivity (Wildman–Crippen MR) is 98.4 cm³/mol. The lowest BCUT2D eigenvalue weighted by Crippen LogP contribution is -2.66. The van der Waals surface area contributed by atoms with Gasteiger partial charge in [0, 0.05) is 27.7 Å². The summed E-state index contributed by atoms with van der Waals surface area (Å²) in [6.07, 6.45) is -6.05. The van der Waals surface area contributed by atoms with Crippen LogP contribution in [0.4, 0.5) is 4.79 Å². The van der Waals surface area contributed by atoms with E-state index in [0.717, 1.165) is 20.8 Å². The van der Waals surface area contributed by atoms with Gasteiger partial charge in [0.1, 0.15) is 18.8 Å². The Morgan fingerprint density at radius 2 is 1.56 bits per heavy atom. The van der Waals surface area contributed by atoms with Gasteiger partial charge in [0.25, 0.3) is 0 Å². The van der Waals surface area contributed by atoms with E-state index in [4.69, 9.17) is 23.7 Å². The van der Waals surface area contributed by atoms with Crippen molar-refractivity contribution in [3.63, 3.8) is 0 Å². The molecule has 178 valence electrons. The van der Waals surface area contributed by atoms with E-state index < -0.39 is 85.8 Å². The van der Waals surface area contributed by atoms with Crippen molar-refractivity contribution >= 4 is 35.9 Å². The highest BCUT2D eigenvalue weighted by Crippen LogP contribution is 2.28. The van der Waals surface area contributed by atoms with Crippen molar-refractivity contribution in [2.75, 3.05) is 13.2 Å². The fraction of sp³-hybridized carbons (Fsp3) is 0.667. The summed E-state index contributed by atoms with van der Waals surface area (Å²) in [6.45, 7) is 3.72. The lowest BCUT2D eigenvalue weighted by molar-refractivity contribution is -0.278. The van der Waals surface area contributed by atoms with Gasteiger partial charge in [-0.1, -0.05) is 0 Å². The van der Waals surface area contributed by atoms with E-state index in [9.17, 15) is 28.8 Å². The van der Waals surface area contributed by atoms with Crippen molar-refractivity contribution in [1.29, 1.82) is 0 Å². The van der Waals surface area contributed by atoms with Crippen LogP contribution in [0.25, 0.3) is 0 Å². The van der Waals surface area contributed by atoms with E-state index in [0.29, 0.717) is 0 Å². The second kappa shape index (κ2) is 10.9. The molecule has 2 rings (SSSR count). The number of esters is 4. The summed E-state index contributed by atoms with van der Waals surface area (Å²) in [5, 5.41) is 4.73. The Kier molecular flexibility index (Phi) is 8.48. The van der Waals surface area contributed by atoms with Crippen molar-refractivity contribution in [1.82, 2.24) is 10.6 Å². The van der Waals surface area contributed by atoms with Gasteiger partial charge < -0.3 is 39.1 Å². The first-order valence-electron chi connectivity index (χ1n) is 9.52. The topological polar surface area (TPSA) is 182 Å². The summed E-state index contributed by atoms with van der Waals surface area (Å²) >= 11 is 0. The molecule has 2 fully saturated rings. The first-order valence-corrected chi connectivity index (χ1v) is 9.52. The molecule has 2 heterocycles. The van der Waals surface area contributed by atoms with Crippen molar-refractivity contribution in [2.45, 2.75) is 64.4 Å². The normalized spacial score (nSPS) is 29.4. The number of alkyl carbamates (subject to hydrolysis) is 1. The minimum atomic E-state index is -1.36. The molecule has 0 unspecified atom stereocenters. The van der Waals surface area contributed by atoms with E-state index in [1.165, 1.54) is 6.92 Å². The molecule has 2 amide bonds. The van der Waals surface area contributed by atoms with Gasteiger partial charge in [-0.25, -0.2) is 9.59 Å². The van der Waals surface area contributed by atoms with Crippen molar-refractivity contribution < 1.29 is 57.2 Å². The zero-order chi connectivity index (χ0) is 24.0. The number of amides is 2. The third-order valence-electron chi connectivity index (χ3n) is 4.27. The zero-order valence-corrected chi connectivity index (χ0v) is 17.8. The highest BCUT2D eigenvalue weighted by molar-refractivity contribution is 5.95. The smallest absolute Gasteiger partial charge is 0.415 e. The highest BCUT2D eigenvalue weighted by Gasteiger charge is 2.51. The Bertz CT molecular complexity index is 784. The van der Waals surface area contributed by atoms with Gasteiger partial charge in [-0.05, 0) is 0 Å². The van der Waals surface area contributed by atoms with Crippen molar-refractivity contribution in [3.05, 3.63) is 0 Å². The number of carbonyl (C=O) groups is 6. The summed E-state index contributed by atoms with van der Waals surface area (Å²) in [4.78, 5) is 69.4. The van der Waals surface area contributed by atoms with Gasteiger partial charge in [-0.15, -0.1) is 0 Å². The molecule has 0 bridgehead atoms. The molecule has 2 aliphatic heterocycles. The number of nitrogens with one attached hydrogen (secondary N) is 2. The van der Waals surface area contributed by atoms with Crippen molar-refractivity contribution in [2.24, 2.45) is 0 Å². The van der Waals surface area contributed by atoms with Gasteiger partial charge in [0.05, 0.1) is 6.61 Å². The Labute approximate surface area is 182 Å². The van der Waals surface area contributed by atoms with E-state index in [1.54, 1.807) is 0 Å².